The van der Waals surface area contributed by atoms with Crippen molar-refractivity contribution >= 4 is 0 Å². The van der Waals surface area contributed by atoms with Gasteiger partial charge in [-0.3, -0.25) is 9.80 Å². The van der Waals surface area contributed by atoms with Gasteiger partial charge in [0.25, 0.3) is 0 Å². The molecule has 3 unspecified atom stereocenters. The van der Waals surface area contributed by atoms with Gasteiger partial charge in [-0.1, -0.05) is 0 Å². The van der Waals surface area contributed by atoms with Crippen molar-refractivity contribution in [2.24, 2.45) is 5.73 Å². The van der Waals surface area contributed by atoms with Gasteiger partial charge in [0.05, 0.1) is 12.7 Å². The number of nitrogens with two attached hydrogens (primary N) is 1. The molecule has 3 aliphatic rings. The van der Waals surface area contributed by atoms with Gasteiger partial charge in [-0.05, 0) is 39.5 Å². The average Bonchev–Trinajstić information content (AvgIpc) is 2.62. The minimum absolute atomic E-state index is 0.397. The smallest absolute Gasteiger partial charge is 0.0829 e. The second-order valence-electron chi connectivity index (χ2n) is 6.89. The summed E-state index contributed by atoms with van der Waals surface area (Å²) in [7, 11) is 0. The zero-order valence-electron chi connectivity index (χ0n) is 12.4. The number of hydrogen-bond acceptors (Lipinski definition) is 4. The Balaban J connectivity index is 1.57. The standard InChI is InChI=1S/C15H29N3O/c1-11(2)17-5-6-19-15(9-17)10-18-13-3-4-14(18)8-12(16)7-13/h11-15H,3-10,16H2,1-2H3. The molecule has 4 heteroatoms. The Morgan fingerprint density at radius 1 is 1.21 bits per heavy atom. The predicted octanol–water partition coefficient (Wildman–Crippen LogP) is 1.05. The fourth-order valence-corrected chi connectivity index (χ4v) is 4.17. The summed E-state index contributed by atoms with van der Waals surface area (Å²) in [6.45, 7) is 8.76. The van der Waals surface area contributed by atoms with Crippen LogP contribution in [0, 0.1) is 0 Å². The lowest BCUT2D eigenvalue weighted by Gasteiger charge is -2.42. The average molecular weight is 267 g/mol. The van der Waals surface area contributed by atoms with E-state index in [-0.39, 0.29) is 0 Å². The van der Waals surface area contributed by atoms with Crippen LogP contribution in [0.2, 0.25) is 0 Å². The molecule has 2 N–H and O–H groups in total. The summed E-state index contributed by atoms with van der Waals surface area (Å²) in [6.07, 6.45) is 5.47. The fraction of sp³-hybridized carbons (Fsp3) is 1.00. The van der Waals surface area contributed by atoms with Crippen LogP contribution in [0.15, 0.2) is 0 Å². The van der Waals surface area contributed by atoms with Crippen LogP contribution in [0.25, 0.3) is 0 Å². The quantitative estimate of drug-likeness (QED) is 0.830. The number of morpholine rings is 1. The van der Waals surface area contributed by atoms with Gasteiger partial charge in [-0.2, -0.15) is 0 Å². The van der Waals surface area contributed by atoms with Crippen LogP contribution in [-0.4, -0.2) is 66.3 Å². The van der Waals surface area contributed by atoms with Crippen molar-refractivity contribution in [2.45, 2.75) is 69.8 Å². The van der Waals surface area contributed by atoms with Gasteiger partial charge < -0.3 is 10.5 Å². The van der Waals surface area contributed by atoms with Crippen LogP contribution in [0.4, 0.5) is 0 Å². The largest absolute Gasteiger partial charge is 0.374 e. The van der Waals surface area contributed by atoms with Gasteiger partial charge in [0.2, 0.25) is 0 Å². The molecule has 3 rings (SSSR count). The van der Waals surface area contributed by atoms with Crippen molar-refractivity contribution in [3.8, 4) is 0 Å². The summed E-state index contributed by atoms with van der Waals surface area (Å²) in [5.74, 6) is 0. The van der Waals surface area contributed by atoms with Gasteiger partial charge >= 0.3 is 0 Å². The molecule has 0 aromatic rings. The van der Waals surface area contributed by atoms with Crippen molar-refractivity contribution in [3.63, 3.8) is 0 Å². The highest BCUT2D eigenvalue weighted by atomic mass is 16.5. The number of ether oxygens (including phenoxy) is 1. The number of piperidine rings is 1. The number of rotatable bonds is 3. The lowest BCUT2D eigenvalue weighted by Crippen LogP contribution is -2.54. The number of hydrogen-bond donors (Lipinski definition) is 1. The first-order valence-electron chi connectivity index (χ1n) is 8.00. The van der Waals surface area contributed by atoms with E-state index < -0.39 is 0 Å². The third kappa shape index (κ3) is 2.97. The summed E-state index contributed by atoms with van der Waals surface area (Å²) >= 11 is 0. The molecule has 3 heterocycles. The van der Waals surface area contributed by atoms with Crippen molar-refractivity contribution in [3.05, 3.63) is 0 Å². The van der Waals surface area contributed by atoms with E-state index in [9.17, 15) is 0 Å². The van der Waals surface area contributed by atoms with E-state index in [0.717, 1.165) is 38.3 Å². The Kier molecular flexibility index (Phi) is 4.13. The molecule has 0 saturated carbocycles. The van der Waals surface area contributed by atoms with Crippen LogP contribution in [0.3, 0.4) is 0 Å². The highest BCUT2D eigenvalue weighted by molar-refractivity contribution is 4.97. The summed E-state index contributed by atoms with van der Waals surface area (Å²) in [5, 5.41) is 0. The van der Waals surface area contributed by atoms with Gasteiger partial charge in [0.15, 0.2) is 0 Å². The zero-order chi connectivity index (χ0) is 13.4. The Labute approximate surface area is 117 Å². The monoisotopic (exact) mass is 267 g/mol. The molecule has 2 bridgehead atoms. The van der Waals surface area contributed by atoms with Crippen LogP contribution in [0.5, 0.6) is 0 Å². The highest BCUT2D eigenvalue weighted by Gasteiger charge is 2.40. The Hall–Kier alpha value is -0.160. The van der Waals surface area contributed by atoms with Crippen molar-refractivity contribution in [2.75, 3.05) is 26.2 Å². The normalized spacial score (nSPS) is 41.1. The van der Waals surface area contributed by atoms with E-state index in [2.05, 4.69) is 23.6 Å². The van der Waals surface area contributed by atoms with E-state index >= 15 is 0 Å². The molecular formula is C15H29N3O. The zero-order valence-corrected chi connectivity index (χ0v) is 12.4. The fourth-order valence-electron chi connectivity index (χ4n) is 4.17. The van der Waals surface area contributed by atoms with Gasteiger partial charge in [-0.25, -0.2) is 0 Å². The maximum absolute atomic E-state index is 6.15. The summed E-state index contributed by atoms with van der Waals surface area (Å²) in [5.41, 5.74) is 6.15. The van der Waals surface area contributed by atoms with Crippen LogP contribution >= 0.6 is 0 Å². The maximum atomic E-state index is 6.15. The lowest BCUT2D eigenvalue weighted by molar-refractivity contribution is -0.0621. The molecule has 3 saturated heterocycles. The predicted molar refractivity (Wildman–Crippen MR) is 77.2 cm³/mol. The number of fused-ring (bicyclic) bond motifs is 2. The Morgan fingerprint density at radius 3 is 2.53 bits per heavy atom. The molecule has 3 aliphatic heterocycles. The Morgan fingerprint density at radius 2 is 1.89 bits per heavy atom. The first kappa shape index (κ1) is 13.8. The van der Waals surface area contributed by atoms with E-state index in [0.29, 0.717) is 18.2 Å². The van der Waals surface area contributed by atoms with E-state index in [1.807, 2.05) is 0 Å². The molecule has 0 aromatic carbocycles. The topological polar surface area (TPSA) is 41.7 Å². The summed E-state index contributed by atoms with van der Waals surface area (Å²) < 4.78 is 6.00. The molecule has 3 atom stereocenters. The van der Waals surface area contributed by atoms with Crippen LogP contribution in [-0.2, 0) is 4.74 Å². The molecular weight excluding hydrogens is 238 g/mol. The molecule has 3 fully saturated rings. The van der Waals surface area contributed by atoms with Crippen LogP contribution < -0.4 is 5.73 Å². The second-order valence-corrected chi connectivity index (χ2v) is 6.89. The van der Waals surface area contributed by atoms with Gasteiger partial charge in [-0.15, -0.1) is 0 Å². The number of nitrogens with zero attached hydrogens (tertiary/aromatic N) is 2. The van der Waals surface area contributed by atoms with Gasteiger partial charge in [0.1, 0.15) is 0 Å². The minimum atomic E-state index is 0.397. The van der Waals surface area contributed by atoms with Crippen LogP contribution in [0.1, 0.15) is 39.5 Å². The third-order valence-electron chi connectivity index (χ3n) is 5.24. The van der Waals surface area contributed by atoms with E-state index in [1.165, 1.54) is 25.7 Å². The maximum Gasteiger partial charge on any atom is 0.0829 e. The van der Waals surface area contributed by atoms with E-state index in [4.69, 9.17) is 10.5 Å². The first-order valence-corrected chi connectivity index (χ1v) is 8.00. The lowest BCUT2D eigenvalue weighted by atomic mass is 9.97. The van der Waals surface area contributed by atoms with Crippen molar-refractivity contribution in [1.29, 1.82) is 0 Å². The Bertz CT molecular complexity index is 296. The summed E-state index contributed by atoms with van der Waals surface area (Å²) in [4.78, 5) is 5.25. The molecule has 0 spiro atoms. The molecule has 0 aliphatic carbocycles. The molecule has 0 aromatic heterocycles. The third-order valence-corrected chi connectivity index (χ3v) is 5.24. The molecule has 0 radical (unpaired) electrons. The molecule has 19 heavy (non-hydrogen) atoms. The van der Waals surface area contributed by atoms with Crippen molar-refractivity contribution in [1.82, 2.24) is 9.80 Å². The molecule has 110 valence electrons. The summed E-state index contributed by atoms with van der Waals surface area (Å²) in [6, 6.07) is 2.53. The SMILES string of the molecule is CC(C)N1CCOC(CN2C3CCC2CC(N)C3)C1. The first-order chi connectivity index (χ1) is 9.13. The van der Waals surface area contributed by atoms with E-state index in [1.54, 1.807) is 0 Å². The van der Waals surface area contributed by atoms with Crippen molar-refractivity contribution < 1.29 is 4.74 Å². The molecule has 4 nitrogen and oxygen atoms in total. The minimum Gasteiger partial charge on any atom is -0.374 e. The second kappa shape index (κ2) is 5.68. The molecule has 0 amide bonds. The van der Waals surface area contributed by atoms with Gasteiger partial charge in [0, 0.05) is 43.8 Å². The highest BCUT2D eigenvalue weighted by Crippen LogP contribution is 2.35.